The van der Waals surface area contributed by atoms with E-state index in [9.17, 15) is 0 Å². The summed E-state index contributed by atoms with van der Waals surface area (Å²) in [5.74, 6) is 0. The van der Waals surface area contributed by atoms with Crippen LogP contribution in [0.15, 0.2) is 36.5 Å². The maximum Gasteiger partial charge on any atom is 0.129 e. The van der Waals surface area contributed by atoms with Gasteiger partial charge in [0.25, 0.3) is 0 Å². The van der Waals surface area contributed by atoms with E-state index in [1.807, 2.05) is 12.1 Å². The zero-order chi connectivity index (χ0) is 12.5. The molecule has 0 aliphatic heterocycles. The lowest BCUT2D eigenvalue weighted by Crippen LogP contribution is -2.19. The van der Waals surface area contributed by atoms with Crippen LogP contribution in [0.4, 0.5) is 5.69 Å². The number of benzene rings is 1. The highest BCUT2D eigenvalue weighted by Gasteiger charge is 2.21. The third kappa shape index (κ3) is 2.45. The van der Waals surface area contributed by atoms with E-state index >= 15 is 0 Å². The molecule has 18 heavy (non-hydrogen) atoms. The molecule has 3 rings (SSSR count). The zero-order valence-electron chi connectivity index (χ0n) is 9.66. The molecule has 0 bridgehead atoms. The smallest absolute Gasteiger partial charge is 0.129 e. The van der Waals surface area contributed by atoms with Crippen molar-refractivity contribution in [2.45, 2.75) is 18.9 Å². The third-order valence-corrected chi connectivity index (χ3v) is 3.66. The Morgan fingerprint density at radius 1 is 1.06 bits per heavy atom. The minimum Gasteiger partial charge on any atom is -0.380 e. The van der Waals surface area contributed by atoms with E-state index in [1.165, 1.54) is 11.1 Å². The van der Waals surface area contributed by atoms with Crippen LogP contribution < -0.4 is 5.32 Å². The van der Waals surface area contributed by atoms with E-state index in [4.69, 9.17) is 23.2 Å². The van der Waals surface area contributed by atoms with Crippen molar-refractivity contribution in [3.05, 3.63) is 57.8 Å². The second kappa shape index (κ2) is 4.79. The number of aromatic nitrogens is 1. The van der Waals surface area contributed by atoms with Gasteiger partial charge in [0.15, 0.2) is 0 Å². The summed E-state index contributed by atoms with van der Waals surface area (Å²) in [6, 6.07) is 10.3. The SMILES string of the molecule is Clc1ccc2c(c1)CC(Nc1ccc(Cl)nc1)C2. The first kappa shape index (κ1) is 11.8. The fraction of sp³-hybridized carbons (Fsp3) is 0.214. The molecule has 4 heteroatoms. The van der Waals surface area contributed by atoms with Crippen LogP contribution in [0.25, 0.3) is 0 Å². The Kier molecular flexibility index (Phi) is 3.14. The molecule has 1 N–H and O–H groups in total. The van der Waals surface area contributed by atoms with Crippen LogP contribution in [0.3, 0.4) is 0 Å². The maximum absolute atomic E-state index is 6.00. The quantitative estimate of drug-likeness (QED) is 0.841. The number of rotatable bonds is 2. The van der Waals surface area contributed by atoms with E-state index in [0.29, 0.717) is 11.2 Å². The highest BCUT2D eigenvalue weighted by Crippen LogP contribution is 2.27. The molecule has 0 spiro atoms. The van der Waals surface area contributed by atoms with Gasteiger partial charge in [-0.1, -0.05) is 29.3 Å². The van der Waals surface area contributed by atoms with Crippen molar-refractivity contribution < 1.29 is 0 Å². The first-order valence-electron chi connectivity index (χ1n) is 5.86. The average Bonchev–Trinajstić information content (AvgIpc) is 2.73. The molecule has 1 aliphatic carbocycles. The Morgan fingerprint density at radius 3 is 2.67 bits per heavy atom. The normalized spacial score (nSPS) is 17.6. The van der Waals surface area contributed by atoms with E-state index < -0.39 is 0 Å². The molecule has 0 saturated carbocycles. The molecule has 1 heterocycles. The summed E-state index contributed by atoms with van der Waals surface area (Å²) in [5.41, 5.74) is 3.71. The first-order chi connectivity index (χ1) is 8.70. The van der Waals surface area contributed by atoms with Gasteiger partial charge < -0.3 is 5.32 Å². The van der Waals surface area contributed by atoms with Crippen LogP contribution in [0.1, 0.15) is 11.1 Å². The topological polar surface area (TPSA) is 24.9 Å². The van der Waals surface area contributed by atoms with Gasteiger partial charge in [0.1, 0.15) is 5.15 Å². The number of halogens is 2. The predicted octanol–water partition coefficient (Wildman–Crippen LogP) is 3.97. The number of nitrogens with zero attached hydrogens (tertiary/aromatic N) is 1. The maximum atomic E-state index is 6.00. The van der Waals surface area contributed by atoms with Crippen molar-refractivity contribution in [2.24, 2.45) is 0 Å². The lowest BCUT2D eigenvalue weighted by atomic mass is 10.1. The summed E-state index contributed by atoms with van der Waals surface area (Å²) in [6.07, 6.45) is 3.78. The van der Waals surface area contributed by atoms with Crippen molar-refractivity contribution in [3.63, 3.8) is 0 Å². The van der Waals surface area contributed by atoms with Gasteiger partial charge >= 0.3 is 0 Å². The van der Waals surface area contributed by atoms with Crippen LogP contribution in [-0.4, -0.2) is 11.0 Å². The predicted molar refractivity (Wildman–Crippen MR) is 75.5 cm³/mol. The minimum absolute atomic E-state index is 0.404. The summed E-state index contributed by atoms with van der Waals surface area (Å²) in [7, 11) is 0. The minimum atomic E-state index is 0.404. The number of anilines is 1. The highest BCUT2D eigenvalue weighted by molar-refractivity contribution is 6.30. The fourth-order valence-corrected chi connectivity index (χ4v) is 2.69. The number of fused-ring (bicyclic) bond motifs is 1. The fourth-order valence-electron chi connectivity index (χ4n) is 2.39. The summed E-state index contributed by atoms with van der Waals surface area (Å²) < 4.78 is 0. The van der Waals surface area contributed by atoms with Crippen LogP contribution in [0.2, 0.25) is 10.2 Å². The van der Waals surface area contributed by atoms with Gasteiger partial charge in [0.2, 0.25) is 0 Å². The van der Waals surface area contributed by atoms with Crippen LogP contribution in [-0.2, 0) is 12.8 Å². The Morgan fingerprint density at radius 2 is 1.89 bits per heavy atom. The molecule has 0 radical (unpaired) electrons. The number of hydrogen-bond acceptors (Lipinski definition) is 2. The summed E-state index contributed by atoms with van der Waals surface area (Å²) >= 11 is 11.8. The Hall–Kier alpha value is -1.25. The molecule has 1 aromatic carbocycles. The molecular formula is C14H12Cl2N2. The molecule has 0 saturated heterocycles. The molecular weight excluding hydrogens is 267 g/mol. The zero-order valence-corrected chi connectivity index (χ0v) is 11.2. The van der Waals surface area contributed by atoms with Gasteiger partial charge in [-0.05, 0) is 48.2 Å². The van der Waals surface area contributed by atoms with E-state index in [1.54, 1.807) is 12.3 Å². The summed E-state index contributed by atoms with van der Waals surface area (Å²) in [5, 5.41) is 4.79. The van der Waals surface area contributed by atoms with E-state index in [-0.39, 0.29) is 0 Å². The molecule has 1 atom stereocenters. The Labute approximate surface area is 116 Å². The largest absolute Gasteiger partial charge is 0.380 e. The van der Waals surface area contributed by atoms with E-state index in [2.05, 4.69) is 22.4 Å². The van der Waals surface area contributed by atoms with Crippen molar-refractivity contribution in [3.8, 4) is 0 Å². The number of hydrogen-bond donors (Lipinski definition) is 1. The third-order valence-electron chi connectivity index (χ3n) is 3.20. The first-order valence-corrected chi connectivity index (χ1v) is 6.62. The molecule has 1 unspecified atom stereocenters. The lowest BCUT2D eigenvalue weighted by molar-refractivity contribution is 0.773. The van der Waals surface area contributed by atoms with Crippen molar-refractivity contribution >= 4 is 28.9 Å². The van der Waals surface area contributed by atoms with Gasteiger partial charge in [0.05, 0.1) is 11.9 Å². The lowest BCUT2D eigenvalue weighted by Gasteiger charge is -2.12. The van der Waals surface area contributed by atoms with Crippen LogP contribution in [0, 0.1) is 0 Å². The van der Waals surface area contributed by atoms with Crippen LogP contribution >= 0.6 is 23.2 Å². The van der Waals surface area contributed by atoms with Gasteiger partial charge in [-0.2, -0.15) is 0 Å². The second-order valence-electron chi connectivity index (χ2n) is 4.53. The van der Waals surface area contributed by atoms with Gasteiger partial charge in [-0.15, -0.1) is 0 Å². The molecule has 1 aromatic heterocycles. The van der Waals surface area contributed by atoms with Crippen molar-refractivity contribution in [1.29, 1.82) is 0 Å². The van der Waals surface area contributed by atoms with Gasteiger partial charge in [-0.25, -0.2) is 4.98 Å². The molecule has 2 aromatic rings. The monoisotopic (exact) mass is 278 g/mol. The van der Waals surface area contributed by atoms with Crippen LogP contribution in [0.5, 0.6) is 0 Å². The Balaban J connectivity index is 1.72. The molecule has 1 aliphatic rings. The number of nitrogens with one attached hydrogen (secondary N) is 1. The average molecular weight is 279 g/mol. The molecule has 0 fully saturated rings. The standard InChI is InChI=1S/C14H12Cl2N2/c15-11-2-1-9-6-13(7-10(9)5-11)18-12-3-4-14(16)17-8-12/h1-5,8,13,18H,6-7H2. The molecule has 92 valence electrons. The second-order valence-corrected chi connectivity index (χ2v) is 5.36. The summed E-state index contributed by atoms with van der Waals surface area (Å²) in [4.78, 5) is 4.07. The molecule has 2 nitrogen and oxygen atoms in total. The van der Waals surface area contributed by atoms with Crippen molar-refractivity contribution in [1.82, 2.24) is 4.98 Å². The van der Waals surface area contributed by atoms with Gasteiger partial charge in [0, 0.05) is 11.1 Å². The van der Waals surface area contributed by atoms with Crippen molar-refractivity contribution in [2.75, 3.05) is 5.32 Å². The van der Waals surface area contributed by atoms with Gasteiger partial charge in [-0.3, -0.25) is 0 Å². The van der Waals surface area contributed by atoms with E-state index in [0.717, 1.165) is 23.6 Å². The molecule has 0 amide bonds. The summed E-state index contributed by atoms with van der Waals surface area (Å²) in [6.45, 7) is 0. The number of pyridine rings is 1. The Bertz CT molecular complexity index is 567. The highest BCUT2D eigenvalue weighted by atomic mass is 35.5.